The van der Waals surface area contributed by atoms with Gasteiger partial charge in [0.15, 0.2) is 0 Å². The Bertz CT molecular complexity index is 513. The molecule has 0 radical (unpaired) electrons. The van der Waals surface area contributed by atoms with Gasteiger partial charge >= 0.3 is 0 Å². The van der Waals surface area contributed by atoms with Gasteiger partial charge in [0.2, 0.25) is 0 Å². The highest BCUT2D eigenvalue weighted by atomic mass is 19.1. The molecule has 0 aliphatic heterocycles. The second-order valence-electron chi connectivity index (χ2n) is 4.91. The van der Waals surface area contributed by atoms with Gasteiger partial charge in [0, 0.05) is 24.5 Å². The maximum atomic E-state index is 13.1. The van der Waals surface area contributed by atoms with Crippen molar-refractivity contribution in [3.8, 4) is 0 Å². The van der Waals surface area contributed by atoms with Gasteiger partial charge < -0.3 is 5.32 Å². The Labute approximate surface area is 113 Å². The van der Waals surface area contributed by atoms with E-state index in [0.29, 0.717) is 0 Å². The van der Waals surface area contributed by atoms with Gasteiger partial charge in [0.05, 0.1) is 0 Å². The molecule has 1 aromatic carbocycles. The Kier molecular flexibility index (Phi) is 4.63. The summed E-state index contributed by atoms with van der Waals surface area (Å²) in [5.41, 5.74) is 2.17. The first kappa shape index (κ1) is 13.7. The minimum absolute atomic E-state index is 0.176. The molecular formula is C16H19FN2. The zero-order valence-corrected chi connectivity index (χ0v) is 11.3. The van der Waals surface area contributed by atoms with Crippen LogP contribution in [-0.4, -0.2) is 11.0 Å². The quantitative estimate of drug-likeness (QED) is 0.887. The number of aromatic nitrogens is 1. The van der Waals surface area contributed by atoms with E-state index in [0.717, 1.165) is 17.5 Å². The van der Waals surface area contributed by atoms with E-state index < -0.39 is 0 Å². The van der Waals surface area contributed by atoms with Crippen LogP contribution in [0.1, 0.15) is 31.0 Å². The van der Waals surface area contributed by atoms with Crippen LogP contribution in [0, 0.1) is 5.82 Å². The fourth-order valence-corrected chi connectivity index (χ4v) is 2.23. The predicted molar refractivity (Wildman–Crippen MR) is 75.4 cm³/mol. The highest BCUT2D eigenvalue weighted by Gasteiger charge is 2.10. The van der Waals surface area contributed by atoms with Gasteiger partial charge in [-0.1, -0.05) is 18.2 Å². The van der Waals surface area contributed by atoms with E-state index in [9.17, 15) is 4.39 Å². The fraction of sp³-hybridized carbons (Fsp3) is 0.312. The predicted octanol–water partition coefficient (Wildman–Crippen LogP) is 3.50. The molecule has 0 saturated carbocycles. The normalized spacial score (nSPS) is 14.1. The average Bonchev–Trinajstić information content (AvgIpc) is 2.39. The first-order valence-electron chi connectivity index (χ1n) is 6.55. The summed E-state index contributed by atoms with van der Waals surface area (Å²) in [6.07, 6.45) is 4.45. The van der Waals surface area contributed by atoms with Crippen molar-refractivity contribution < 1.29 is 4.39 Å². The number of benzene rings is 1. The standard InChI is InChI=1S/C16H19FN2/c1-12(9-14-5-3-7-16(17)10-14)19-13(2)15-6-4-8-18-11-15/h3-8,10-13,19H,9H2,1-2H3. The lowest BCUT2D eigenvalue weighted by Gasteiger charge is -2.20. The van der Waals surface area contributed by atoms with Crippen molar-refractivity contribution in [1.82, 2.24) is 10.3 Å². The number of hydrogen-bond donors (Lipinski definition) is 1. The summed E-state index contributed by atoms with van der Waals surface area (Å²) in [6, 6.07) is 11.3. The number of hydrogen-bond acceptors (Lipinski definition) is 2. The molecule has 2 aromatic rings. The molecule has 2 unspecified atom stereocenters. The molecule has 0 saturated heterocycles. The fourth-order valence-electron chi connectivity index (χ4n) is 2.23. The molecular weight excluding hydrogens is 239 g/mol. The minimum Gasteiger partial charge on any atom is -0.307 e. The van der Waals surface area contributed by atoms with Gasteiger partial charge in [-0.15, -0.1) is 0 Å². The van der Waals surface area contributed by atoms with E-state index in [1.807, 2.05) is 18.3 Å². The summed E-state index contributed by atoms with van der Waals surface area (Å²) in [4.78, 5) is 4.12. The molecule has 2 atom stereocenters. The molecule has 0 spiro atoms. The van der Waals surface area contributed by atoms with Crippen LogP contribution >= 0.6 is 0 Å². The molecule has 1 heterocycles. The van der Waals surface area contributed by atoms with Crippen LogP contribution in [0.15, 0.2) is 48.8 Å². The maximum Gasteiger partial charge on any atom is 0.123 e. The molecule has 0 bridgehead atoms. The van der Waals surface area contributed by atoms with Crippen LogP contribution < -0.4 is 5.32 Å². The molecule has 0 aliphatic carbocycles. The highest BCUT2D eigenvalue weighted by molar-refractivity contribution is 5.18. The van der Waals surface area contributed by atoms with E-state index in [1.165, 1.54) is 6.07 Å². The first-order chi connectivity index (χ1) is 9.15. The van der Waals surface area contributed by atoms with Crippen molar-refractivity contribution in [2.45, 2.75) is 32.4 Å². The van der Waals surface area contributed by atoms with Crippen molar-refractivity contribution in [3.05, 3.63) is 65.7 Å². The number of pyridine rings is 1. The lowest BCUT2D eigenvalue weighted by molar-refractivity contribution is 0.475. The zero-order chi connectivity index (χ0) is 13.7. The van der Waals surface area contributed by atoms with Gasteiger partial charge in [0.25, 0.3) is 0 Å². The molecule has 100 valence electrons. The Morgan fingerprint density at radius 2 is 2.05 bits per heavy atom. The molecule has 1 N–H and O–H groups in total. The van der Waals surface area contributed by atoms with Crippen LogP contribution in [0.3, 0.4) is 0 Å². The third kappa shape index (κ3) is 4.14. The molecule has 0 fully saturated rings. The summed E-state index contributed by atoms with van der Waals surface area (Å²) in [5.74, 6) is -0.176. The second kappa shape index (κ2) is 6.43. The summed E-state index contributed by atoms with van der Waals surface area (Å²) >= 11 is 0. The van der Waals surface area contributed by atoms with E-state index in [1.54, 1.807) is 18.3 Å². The zero-order valence-electron chi connectivity index (χ0n) is 11.3. The molecule has 1 aromatic heterocycles. The van der Waals surface area contributed by atoms with Gasteiger partial charge in [0.1, 0.15) is 5.82 Å². The Morgan fingerprint density at radius 1 is 1.21 bits per heavy atom. The monoisotopic (exact) mass is 258 g/mol. The molecule has 3 heteroatoms. The van der Waals surface area contributed by atoms with Crippen LogP contribution in [0.25, 0.3) is 0 Å². The molecule has 0 aliphatic rings. The molecule has 0 amide bonds. The average molecular weight is 258 g/mol. The summed E-state index contributed by atoms with van der Waals surface area (Å²) in [6.45, 7) is 4.22. The Morgan fingerprint density at radius 3 is 2.74 bits per heavy atom. The Balaban J connectivity index is 1.92. The summed E-state index contributed by atoms with van der Waals surface area (Å²) in [7, 11) is 0. The van der Waals surface area contributed by atoms with Gasteiger partial charge in [-0.05, 0) is 49.6 Å². The summed E-state index contributed by atoms with van der Waals surface area (Å²) < 4.78 is 13.1. The topological polar surface area (TPSA) is 24.9 Å². The van der Waals surface area contributed by atoms with Crippen molar-refractivity contribution >= 4 is 0 Å². The smallest absolute Gasteiger partial charge is 0.123 e. The molecule has 2 rings (SSSR count). The van der Waals surface area contributed by atoms with Gasteiger partial charge in [-0.25, -0.2) is 4.39 Å². The lowest BCUT2D eigenvalue weighted by atomic mass is 10.0. The summed E-state index contributed by atoms with van der Waals surface area (Å²) in [5, 5.41) is 3.50. The van der Waals surface area contributed by atoms with E-state index in [-0.39, 0.29) is 17.9 Å². The first-order valence-corrected chi connectivity index (χ1v) is 6.55. The van der Waals surface area contributed by atoms with Crippen LogP contribution in [-0.2, 0) is 6.42 Å². The third-order valence-corrected chi connectivity index (χ3v) is 3.15. The van der Waals surface area contributed by atoms with Crippen molar-refractivity contribution in [2.24, 2.45) is 0 Å². The second-order valence-corrected chi connectivity index (χ2v) is 4.91. The Hall–Kier alpha value is -1.74. The van der Waals surface area contributed by atoms with E-state index >= 15 is 0 Å². The van der Waals surface area contributed by atoms with Crippen LogP contribution in [0.2, 0.25) is 0 Å². The number of nitrogens with one attached hydrogen (secondary N) is 1. The SMILES string of the molecule is CC(Cc1cccc(F)c1)NC(C)c1cccnc1. The van der Waals surface area contributed by atoms with E-state index in [4.69, 9.17) is 0 Å². The van der Waals surface area contributed by atoms with Crippen molar-refractivity contribution in [3.63, 3.8) is 0 Å². The van der Waals surface area contributed by atoms with Crippen LogP contribution in [0.4, 0.5) is 4.39 Å². The van der Waals surface area contributed by atoms with E-state index in [2.05, 4.69) is 30.2 Å². The highest BCUT2D eigenvalue weighted by Crippen LogP contribution is 2.13. The molecule has 2 nitrogen and oxygen atoms in total. The molecule has 19 heavy (non-hydrogen) atoms. The van der Waals surface area contributed by atoms with Gasteiger partial charge in [-0.3, -0.25) is 4.98 Å². The van der Waals surface area contributed by atoms with Gasteiger partial charge in [-0.2, -0.15) is 0 Å². The number of halogens is 1. The minimum atomic E-state index is -0.176. The number of rotatable bonds is 5. The lowest BCUT2D eigenvalue weighted by Crippen LogP contribution is -2.30. The van der Waals surface area contributed by atoms with Crippen molar-refractivity contribution in [1.29, 1.82) is 0 Å². The van der Waals surface area contributed by atoms with Crippen molar-refractivity contribution in [2.75, 3.05) is 0 Å². The largest absolute Gasteiger partial charge is 0.307 e. The third-order valence-electron chi connectivity index (χ3n) is 3.15. The number of nitrogens with zero attached hydrogens (tertiary/aromatic N) is 1. The van der Waals surface area contributed by atoms with Crippen LogP contribution in [0.5, 0.6) is 0 Å². The maximum absolute atomic E-state index is 13.1.